The standard InChI is InChI=1S/C14H19NO4/c16-8-2-4-11-3-1-7-15(11)14(19)10-5-6-12(17)13(18)9-10/h5-6,9,11,16-18H,1-4,7-8H2. The van der Waals surface area contributed by atoms with Gasteiger partial charge in [-0.3, -0.25) is 4.79 Å². The van der Waals surface area contributed by atoms with Gasteiger partial charge in [0.15, 0.2) is 11.5 Å². The number of amides is 1. The largest absolute Gasteiger partial charge is 0.504 e. The predicted molar refractivity (Wildman–Crippen MR) is 70.1 cm³/mol. The first-order valence-electron chi connectivity index (χ1n) is 6.57. The number of benzene rings is 1. The summed E-state index contributed by atoms with van der Waals surface area (Å²) in [5.74, 6) is -0.637. The molecule has 0 bridgehead atoms. The van der Waals surface area contributed by atoms with Crippen molar-refractivity contribution in [2.45, 2.75) is 31.7 Å². The second-order valence-corrected chi connectivity index (χ2v) is 4.86. The summed E-state index contributed by atoms with van der Waals surface area (Å²) in [6.07, 6.45) is 3.41. The molecule has 1 aliphatic heterocycles. The number of nitrogens with zero attached hydrogens (tertiary/aromatic N) is 1. The summed E-state index contributed by atoms with van der Waals surface area (Å²) in [6, 6.07) is 4.29. The summed E-state index contributed by atoms with van der Waals surface area (Å²) in [4.78, 5) is 14.1. The van der Waals surface area contributed by atoms with Gasteiger partial charge in [0.25, 0.3) is 5.91 Å². The molecule has 0 spiro atoms. The molecule has 5 nitrogen and oxygen atoms in total. The number of aliphatic hydroxyl groups is 1. The first kappa shape index (κ1) is 13.7. The van der Waals surface area contributed by atoms with Gasteiger partial charge in [-0.25, -0.2) is 0 Å². The van der Waals surface area contributed by atoms with Crippen LogP contribution in [0.2, 0.25) is 0 Å². The van der Waals surface area contributed by atoms with Crippen LogP contribution in [-0.4, -0.2) is 45.3 Å². The van der Waals surface area contributed by atoms with E-state index in [1.165, 1.54) is 18.2 Å². The Labute approximate surface area is 112 Å². The number of carbonyl (C=O) groups is 1. The third-order valence-electron chi connectivity index (χ3n) is 3.56. The Hall–Kier alpha value is -1.75. The number of hydrogen-bond acceptors (Lipinski definition) is 4. The van der Waals surface area contributed by atoms with Crippen LogP contribution in [0.15, 0.2) is 18.2 Å². The van der Waals surface area contributed by atoms with Gasteiger partial charge in [0, 0.05) is 24.8 Å². The van der Waals surface area contributed by atoms with E-state index in [1.54, 1.807) is 4.90 Å². The highest BCUT2D eigenvalue weighted by Gasteiger charge is 2.29. The van der Waals surface area contributed by atoms with E-state index in [1.807, 2.05) is 0 Å². The topological polar surface area (TPSA) is 81.0 Å². The molecule has 0 radical (unpaired) electrons. The Kier molecular flexibility index (Phi) is 4.27. The number of aliphatic hydroxyl groups excluding tert-OH is 1. The highest BCUT2D eigenvalue weighted by molar-refractivity contribution is 5.95. The number of phenols is 2. The molecule has 19 heavy (non-hydrogen) atoms. The Morgan fingerprint density at radius 2 is 2.11 bits per heavy atom. The van der Waals surface area contributed by atoms with Crippen molar-refractivity contribution in [3.63, 3.8) is 0 Å². The molecule has 2 rings (SSSR count). The molecule has 1 atom stereocenters. The van der Waals surface area contributed by atoms with Crippen LogP contribution in [0.5, 0.6) is 11.5 Å². The minimum absolute atomic E-state index is 0.129. The van der Waals surface area contributed by atoms with Crippen molar-refractivity contribution in [3.8, 4) is 11.5 Å². The average molecular weight is 265 g/mol. The van der Waals surface area contributed by atoms with E-state index >= 15 is 0 Å². The SMILES string of the molecule is O=C(c1ccc(O)c(O)c1)N1CCCC1CCCO. The lowest BCUT2D eigenvalue weighted by atomic mass is 10.1. The quantitative estimate of drug-likeness (QED) is 0.720. The number of rotatable bonds is 4. The van der Waals surface area contributed by atoms with Gasteiger partial charge in [-0.05, 0) is 43.9 Å². The summed E-state index contributed by atoms with van der Waals surface area (Å²) < 4.78 is 0. The Morgan fingerprint density at radius 1 is 1.32 bits per heavy atom. The van der Waals surface area contributed by atoms with Crippen LogP contribution in [0.1, 0.15) is 36.0 Å². The van der Waals surface area contributed by atoms with Crippen molar-refractivity contribution in [2.75, 3.05) is 13.2 Å². The highest BCUT2D eigenvalue weighted by atomic mass is 16.3. The maximum atomic E-state index is 12.4. The molecule has 1 aromatic rings. The average Bonchev–Trinajstić information content (AvgIpc) is 2.87. The molecule has 0 saturated carbocycles. The third-order valence-corrected chi connectivity index (χ3v) is 3.56. The van der Waals surface area contributed by atoms with Gasteiger partial charge in [-0.15, -0.1) is 0 Å². The molecular weight excluding hydrogens is 246 g/mol. The molecule has 1 heterocycles. The van der Waals surface area contributed by atoms with Crippen LogP contribution in [-0.2, 0) is 0 Å². The van der Waals surface area contributed by atoms with Crippen molar-refractivity contribution >= 4 is 5.91 Å². The summed E-state index contributed by atoms with van der Waals surface area (Å²) in [5.41, 5.74) is 0.381. The molecule has 1 aliphatic rings. The van der Waals surface area contributed by atoms with Crippen LogP contribution in [0.25, 0.3) is 0 Å². The number of phenolic OH excluding ortho intramolecular Hbond substituents is 2. The zero-order chi connectivity index (χ0) is 13.8. The second-order valence-electron chi connectivity index (χ2n) is 4.86. The number of aromatic hydroxyl groups is 2. The van der Waals surface area contributed by atoms with Crippen molar-refractivity contribution in [1.29, 1.82) is 0 Å². The van der Waals surface area contributed by atoms with E-state index in [0.717, 1.165) is 19.3 Å². The summed E-state index contributed by atoms with van der Waals surface area (Å²) in [7, 11) is 0. The minimum atomic E-state index is -0.281. The predicted octanol–water partition coefficient (Wildman–Crippen LogP) is 1.47. The maximum Gasteiger partial charge on any atom is 0.254 e. The molecule has 1 unspecified atom stereocenters. The van der Waals surface area contributed by atoms with Gasteiger partial charge in [-0.2, -0.15) is 0 Å². The number of hydrogen-bond donors (Lipinski definition) is 3. The Balaban J connectivity index is 2.11. The van der Waals surface area contributed by atoms with Gasteiger partial charge in [0.1, 0.15) is 0 Å². The first-order chi connectivity index (χ1) is 9.13. The van der Waals surface area contributed by atoms with E-state index in [-0.39, 0.29) is 30.1 Å². The van der Waals surface area contributed by atoms with Gasteiger partial charge in [0.05, 0.1) is 0 Å². The molecule has 1 aromatic carbocycles. The van der Waals surface area contributed by atoms with E-state index in [2.05, 4.69) is 0 Å². The lowest BCUT2D eigenvalue weighted by Crippen LogP contribution is -2.35. The van der Waals surface area contributed by atoms with Crippen LogP contribution in [0, 0.1) is 0 Å². The fourth-order valence-electron chi connectivity index (χ4n) is 2.55. The normalized spacial score (nSPS) is 18.8. The molecule has 5 heteroatoms. The molecular formula is C14H19NO4. The smallest absolute Gasteiger partial charge is 0.254 e. The van der Waals surface area contributed by atoms with Gasteiger partial charge < -0.3 is 20.2 Å². The number of carbonyl (C=O) groups excluding carboxylic acids is 1. The second kappa shape index (κ2) is 5.93. The monoisotopic (exact) mass is 265 g/mol. The van der Waals surface area contributed by atoms with E-state index in [4.69, 9.17) is 5.11 Å². The highest BCUT2D eigenvalue weighted by Crippen LogP contribution is 2.28. The van der Waals surface area contributed by atoms with Crippen molar-refractivity contribution in [3.05, 3.63) is 23.8 Å². The first-order valence-corrected chi connectivity index (χ1v) is 6.57. The molecule has 0 aliphatic carbocycles. The van der Waals surface area contributed by atoms with Gasteiger partial charge in [0.2, 0.25) is 0 Å². The third kappa shape index (κ3) is 2.98. The summed E-state index contributed by atoms with van der Waals surface area (Å²) >= 11 is 0. The van der Waals surface area contributed by atoms with Crippen molar-refractivity contribution < 1.29 is 20.1 Å². The molecule has 1 fully saturated rings. The zero-order valence-corrected chi connectivity index (χ0v) is 10.7. The van der Waals surface area contributed by atoms with Crippen LogP contribution >= 0.6 is 0 Å². The van der Waals surface area contributed by atoms with Crippen molar-refractivity contribution in [1.82, 2.24) is 4.90 Å². The molecule has 1 amide bonds. The molecule has 1 saturated heterocycles. The zero-order valence-electron chi connectivity index (χ0n) is 10.7. The van der Waals surface area contributed by atoms with E-state index in [0.29, 0.717) is 18.5 Å². The fraction of sp³-hybridized carbons (Fsp3) is 0.500. The minimum Gasteiger partial charge on any atom is -0.504 e. The molecule has 104 valence electrons. The van der Waals surface area contributed by atoms with E-state index in [9.17, 15) is 15.0 Å². The maximum absolute atomic E-state index is 12.4. The molecule has 0 aromatic heterocycles. The van der Waals surface area contributed by atoms with Crippen LogP contribution < -0.4 is 0 Å². The van der Waals surface area contributed by atoms with Gasteiger partial charge in [-0.1, -0.05) is 0 Å². The Morgan fingerprint density at radius 3 is 2.79 bits per heavy atom. The van der Waals surface area contributed by atoms with E-state index < -0.39 is 0 Å². The lowest BCUT2D eigenvalue weighted by molar-refractivity contribution is 0.0724. The lowest BCUT2D eigenvalue weighted by Gasteiger charge is -2.24. The summed E-state index contributed by atoms with van der Waals surface area (Å²) in [5, 5.41) is 27.6. The number of likely N-dealkylation sites (tertiary alicyclic amines) is 1. The van der Waals surface area contributed by atoms with Crippen molar-refractivity contribution in [2.24, 2.45) is 0 Å². The molecule has 3 N–H and O–H groups in total. The summed E-state index contributed by atoms with van der Waals surface area (Å²) in [6.45, 7) is 0.842. The fourth-order valence-corrected chi connectivity index (χ4v) is 2.55. The van der Waals surface area contributed by atoms with Crippen LogP contribution in [0.3, 0.4) is 0 Å². The van der Waals surface area contributed by atoms with Gasteiger partial charge >= 0.3 is 0 Å². The van der Waals surface area contributed by atoms with Crippen LogP contribution in [0.4, 0.5) is 0 Å². The Bertz CT molecular complexity index is 461.